The highest BCUT2D eigenvalue weighted by Gasteiger charge is 2.66. The molecule has 9 atom stereocenters. The molecule has 0 spiro atoms. The second kappa shape index (κ2) is 6.79. The van der Waals surface area contributed by atoms with Crippen molar-refractivity contribution in [2.45, 2.75) is 81.5 Å². The average molecular weight is 446 g/mol. The second-order valence-electron chi connectivity index (χ2n) is 11.1. The van der Waals surface area contributed by atoms with E-state index in [1.165, 1.54) is 6.08 Å². The second-order valence-corrected chi connectivity index (χ2v) is 11.1. The topological polar surface area (TPSA) is 114 Å². The first-order valence-corrected chi connectivity index (χ1v) is 11.9. The van der Waals surface area contributed by atoms with Crippen LogP contribution in [0.15, 0.2) is 12.7 Å². The molecular weight excluding hydrogens is 414 g/mol. The Morgan fingerprint density at radius 1 is 1.16 bits per heavy atom. The van der Waals surface area contributed by atoms with Crippen molar-refractivity contribution >= 4 is 17.9 Å². The monoisotopic (exact) mass is 445 g/mol. The lowest BCUT2D eigenvalue weighted by Crippen LogP contribution is -2.68. The number of fused-ring (bicyclic) bond motifs is 1. The Labute approximate surface area is 187 Å². The van der Waals surface area contributed by atoms with Gasteiger partial charge in [0.25, 0.3) is 0 Å². The van der Waals surface area contributed by atoms with Gasteiger partial charge in [-0.2, -0.15) is 0 Å². The lowest BCUT2D eigenvalue weighted by Gasteiger charge is -2.64. The van der Waals surface area contributed by atoms with Gasteiger partial charge in [-0.3, -0.25) is 10.5 Å². The van der Waals surface area contributed by atoms with E-state index in [0.29, 0.717) is 11.8 Å². The van der Waals surface area contributed by atoms with Gasteiger partial charge in [0.05, 0.1) is 11.5 Å². The third-order valence-electron chi connectivity index (χ3n) is 9.51. The highest BCUT2D eigenvalue weighted by atomic mass is 16.6. The van der Waals surface area contributed by atoms with Crippen LogP contribution in [0, 0.1) is 35.5 Å². The summed E-state index contributed by atoms with van der Waals surface area (Å²) in [5.74, 6) is -0.261. The highest BCUT2D eigenvalue weighted by molar-refractivity contribution is 5.81. The van der Waals surface area contributed by atoms with Crippen LogP contribution in [0.4, 0.5) is 0 Å². The molecule has 8 heteroatoms. The molecule has 0 aromatic carbocycles. The lowest BCUT2D eigenvalue weighted by molar-refractivity contribution is -0.276. The van der Waals surface area contributed by atoms with Crippen LogP contribution in [0.2, 0.25) is 0 Å². The summed E-state index contributed by atoms with van der Waals surface area (Å²) in [5.41, 5.74) is 5.02. The minimum atomic E-state index is -1.23. The summed E-state index contributed by atoms with van der Waals surface area (Å²) in [6.07, 6.45) is 5.09. The van der Waals surface area contributed by atoms with E-state index in [9.17, 15) is 14.4 Å². The average Bonchev–Trinajstić information content (AvgIpc) is 3.36. The molecule has 9 unspecified atom stereocenters. The van der Waals surface area contributed by atoms with Crippen molar-refractivity contribution in [3.05, 3.63) is 12.7 Å². The van der Waals surface area contributed by atoms with Gasteiger partial charge in [0.2, 0.25) is 6.23 Å². The Hall–Kier alpha value is -1.93. The van der Waals surface area contributed by atoms with Crippen LogP contribution in [0.5, 0.6) is 0 Å². The van der Waals surface area contributed by atoms with Crippen molar-refractivity contribution in [2.75, 3.05) is 0 Å². The standard InChI is InChI=1S/C24H31NO7/c1-3-17(26)31-23-7-12-4-13(8-23)10-24(9-12,11(23)2)32-20(25)22(28)29-18-14-5-15-16(6-14)21(27)30-19(15)18/h3,11-16,18-20H,1,4-10,25H2,2H3. The van der Waals surface area contributed by atoms with Crippen LogP contribution >= 0.6 is 0 Å². The zero-order valence-corrected chi connectivity index (χ0v) is 18.4. The summed E-state index contributed by atoms with van der Waals surface area (Å²) in [6, 6.07) is 0. The summed E-state index contributed by atoms with van der Waals surface area (Å²) in [7, 11) is 0. The molecule has 6 aliphatic carbocycles. The van der Waals surface area contributed by atoms with Gasteiger partial charge in [-0.05, 0) is 56.8 Å². The Bertz CT molecular complexity index is 872. The van der Waals surface area contributed by atoms with Gasteiger partial charge < -0.3 is 18.9 Å². The molecule has 174 valence electrons. The van der Waals surface area contributed by atoms with E-state index in [0.717, 1.165) is 44.9 Å². The fourth-order valence-corrected chi connectivity index (χ4v) is 8.44. The Morgan fingerprint density at radius 2 is 1.84 bits per heavy atom. The summed E-state index contributed by atoms with van der Waals surface area (Å²) >= 11 is 0. The number of nitrogens with two attached hydrogens (primary N) is 1. The normalized spacial score (nSPS) is 50.2. The molecule has 2 N–H and O–H groups in total. The first kappa shape index (κ1) is 20.7. The molecule has 8 nitrogen and oxygen atoms in total. The summed E-state index contributed by atoms with van der Waals surface area (Å²) in [4.78, 5) is 37.0. The summed E-state index contributed by atoms with van der Waals surface area (Å²) in [6.45, 7) is 5.58. The number of esters is 3. The molecule has 32 heavy (non-hydrogen) atoms. The minimum absolute atomic E-state index is 0.0350. The molecule has 6 saturated carbocycles. The van der Waals surface area contributed by atoms with Crippen LogP contribution in [-0.4, -0.2) is 47.5 Å². The van der Waals surface area contributed by atoms with Crippen LogP contribution in [0.3, 0.4) is 0 Å². The molecule has 0 radical (unpaired) electrons. The maximum Gasteiger partial charge on any atom is 0.350 e. The zero-order valence-electron chi connectivity index (χ0n) is 18.4. The molecular formula is C24H31NO7. The molecule has 0 aromatic rings. The quantitative estimate of drug-likeness (QED) is 0.285. The van der Waals surface area contributed by atoms with Gasteiger partial charge in [-0.15, -0.1) is 0 Å². The van der Waals surface area contributed by atoms with Crippen molar-refractivity contribution in [1.29, 1.82) is 0 Å². The third kappa shape index (κ3) is 2.78. The van der Waals surface area contributed by atoms with Crippen molar-refractivity contribution in [2.24, 2.45) is 41.2 Å². The number of ether oxygens (including phenoxy) is 4. The molecule has 0 amide bonds. The van der Waals surface area contributed by atoms with Gasteiger partial charge in [-0.25, -0.2) is 9.59 Å². The molecule has 1 saturated heterocycles. The van der Waals surface area contributed by atoms with E-state index in [2.05, 4.69) is 6.58 Å². The van der Waals surface area contributed by atoms with E-state index in [4.69, 9.17) is 24.7 Å². The fourth-order valence-electron chi connectivity index (χ4n) is 8.44. The van der Waals surface area contributed by atoms with E-state index < -0.39 is 35.5 Å². The lowest BCUT2D eigenvalue weighted by atomic mass is 9.48. The van der Waals surface area contributed by atoms with E-state index in [-0.39, 0.29) is 35.7 Å². The van der Waals surface area contributed by atoms with Crippen molar-refractivity contribution in [1.82, 2.24) is 0 Å². The fraction of sp³-hybridized carbons (Fsp3) is 0.792. The molecule has 7 aliphatic rings. The first-order chi connectivity index (χ1) is 15.2. The smallest absolute Gasteiger partial charge is 0.350 e. The third-order valence-corrected chi connectivity index (χ3v) is 9.51. The predicted molar refractivity (Wildman–Crippen MR) is 110 cm³/mol. The van der Waals surface area contributed by atoms with Crippen LogP contribution in [-0.2, 0) is 33.3 Å². The van der Waals surface area contributed by atoms with Gasteiger partial charge >= 0.3 is 17.9 Å². The zero-order chi connectivity index (χ0) is 22.4. The Morgan fingerprint density at radius 3 is 2.53 bits per heavy atom. The number of hydrogen-bond acceptors (Lipinski definition) is 8. The Balaban J connectivity index is 1.17. The largest absolute Gasteiger partial charge is 0.458 e. The number of rotatable bonds is 6. The van der Waals surface area contributed by atoms with E-state index in [1.807, 2.05) is 6.92 Å². The summed E-state index contributed by atoms with van der Waals surface area (Å²) in [5, 5.41) is 0. The highest BCUT2D eigenvalue weighted by Crippen LogP contribution is 2.63. The molecule has 7 fully saturated rings. The molecule has 6 bridgehead atoms. The molecule has 7 rings (SSSR count). The predicted octanol–water partition coefficient (Wildman–Crippen LogP) is 1.85. The van der Waals surface area contributed by atoms with Crippen LogP contribution in [0.25, 0.3) is 0 Å². The number of carbonyl (C=O) groups excluding carboxylic acids is 3. The number of hydrogen-bond donors (Lipinski definition) is 1. The van der Waals surface area contributed by atoms with Gasteiger partial charge in [0.1, 0.15) is 17.8 Å². The maximum absolute atomic E-state index is 13.0. The Kier molecular flexibility index (Phi) is 4.39. The number of carbonyl (C=O) groups is 3. The van der Waals surface area contributed by atoms with Gasteiger partial charge in [-0.1, -0.05) is 13.5 Å². The SMILES string of the molecule is C=CC(=O)OC12CC3CC(C1)CC(OC(N)C(=O)OC1C4CC5C(=O)OC1C5C4)(C3)C2C. The van der Waals surface area contributed by atoms with Crippen LogP contribution < -0.4 is 5.73 Å². The van der Waals surface area contributed by atoms with Crippen molar-refractivity contribution in [3.63, 3.8) is 0 Å². The molecule has 1 aliphatic heterocycles. The van der Waals surface area contributed by atoms with Crippen LogP contribution in [0.1, 0.15) is 51.9 Å². The van der Waals surface area contributed by atoms with E-state index >= 15 is 0 Å². The molecule has 1 heterocycles. The van der Waals surface area contributed by atoms with Crippen molar-refractivity contribution in [3.8, 4) is 0 Å². The summed E-state index contributed by atoms with van der Waals surface area (Å²) < 4.78 is 23.5. The van der Waals surface area contributed by atoms with E-state index in [1.54, 1.807) is 0 Å². The first-order valence-electron chi connectivity index (χ1n) is 11.9. The minimum Gasteiger partial charge on any atom is -0.458 e. The van der Waals surface area contributed by atoms with Crippen molar-refractivity contribution < 1.29 is 33.3 Å². The maximum atomic E-state index is 13.0. The van der Waals surface area contributed by atoms with Gasteiger partial charge in [0, 0.05) is 23.8 Å². The van der Waals surface area contributed by atoms with Gasteiger partial charge in [0.15, 0.2) is 0 Å². The molecule has 0 aromatic heterocycles.